The SMILES string of the molecule is CN1CC(NC(=O)C(F)(F)F)CC(NC(=O)C(F)(F)F)C1. The van der Waals surface area contributed by atoms with E-state index in [-0.39, 0.29) is 19.5 Å². The van der Waals surface area contributed by atoms with Crippen molar-refractivity contribution < 1.29 is 35.9 Å². The molecule has 0 saturated carbocycles. The molecule has 1 heterocycles. The van der Waals surface area contributed by atoms with Gasteiger partial charge in [-0.25, -0.2) is 0 Å². The van der Waals surface area contributed by atoms with Crippen LogP contribution in [-0.4, -0.2) is 61.3 Å². The van der Waals surface area contributed by atoms with Crippen LogP contribution in [-0.2, 0) is 9.59 Å². The van der Waals surface area contributed by atoms with E-state index in [1.165, 1.54) is 11.9 Å². The molecule has 122 valence electrons. The molecule has 1 fully saturated rings. The van der Waals surface area contributed by atoms with Gasteiger partial charge in [0, 0.05) is 25.2 Å². The summed E-state index contributed by atoms with van der Waals surface area (Å²) >= 11 is 0. The maximum absolute atomic E-state index is 12.1. The fourth-order valence-corrected chi connectivity index (χ4v) is 2.06. The zero-order valence-electron chi connectivity index (χ0n) is 10.8. The largest absolute Gasteiger partial charge is 0.471 e. The van der Waals surface area contributed by atoms with Gasteiger partial charge in [0.05, 0.1) is 0 Å². The Morgan fingerprint density at radius 1 is 0.905 bits per heavy atom. The van der Waals surface area contributed by atoms with Crippen LogP contribution in [0.2, 0.25) is 0 Å². The third-order valence-corrected chi connectivity index (χ3v) is 2.82. The number of halogens is 6. The van der Waals surface area contributed by atoms with Crippen LogP contribution in [0.3, 0.4) is 0 Å². The van der Waals surface area contributed by atoms with E-state index in [1.54, 1.807) is 10.6 Å². The molecule has 0 bridgehead atoms. The number of hydrogen-bond acceptors (Lipinski definition) is 3. The first-order chi connectivity index (χ1) is 9.39. The van der Waals surface area contributed by atoms with Gasteiger partial charge in [-0.2, -0.15) is 26.3 Å². The molecule has 5 nitrogen and oxygen atoms in total. The van der Waals surface area contributed by atoms with Gasteiger partial charge < -0.3 is 15.5 Å². The molecular formula is C10H13F6N3O2. The number of nitrogens with one attached hydrogen (secondary N) is 2. The number of carbonyl (C=O) groups excluding carboxylic acids is 2. The van der Waals surface area contributed by atoms with Gasteiger partial charge in [-0.15, -0.1) is 0 Å². The Hall–Kier alpha value is -1.52. The lowest BCUT2D eigenvalue weighted by Gasteiger charge is -2.36. The van der Waals surface area contributed by atoms with Crippen molar-refractivity contribution >= 4 is 11.8 Å². The van der Waals surface area contributed by atoms with Crippen LogP contribution in [0.5, 0.6) is 0 Å². The van der Waals surface area contributed by atoms with E-state index in [2.05, 4.69) is 0 Å². The molecule has 21 heavy (non-hydrogen) atoms. The highest BCUT2D eigenvalue weighted by molar-refractivity contribution is 5.82. The molecule has 1 aliphatic rings. The van der Waals surface area contributed by atoms with E-state index < -0.39 is 36.3 Å². The number of nitrogens with zero attached hydrogens (tertiary/aromatic N) is 1. The second-order valence-electron chi connectivity index (χ2n) is 4.79. The van der Waals surface area contributed by atoms with Crippen LogP contribution >= 0.6 is 0 Å². The van der Waals surface area contributed by atoms with Crippen molar-refractivity contribution in [1.29, 1.82) is 0 Å². The van der Waals surface area contributed by atoms with Gasteiger partial charge in [0.25, 0.3) is 0 Å². The summed E-state index contributed by atoms with van der Waals surface area (Å²) in [7, 11) is 1.46. The van der Waals surface area contributed by atoms with Crippen molar-refractivity contribution in [2.24, 2.45) is 0 Å². The zero-order valence-corrected chi connectivity index (χ0v) is 10.8. The third kappa shape index (κ3) is 5.40. The smallest absolute Gasteiger partial charge is 0.344 e. The monoisotopic (exact) mass is 321 g/mol. The molecule has 1 aliphatic heterocycles. The average Bonchev–Trinajstić information content (AvgIpc) is 2.25. The summed E-state index contributed by atoms with van der Waals surface area (Å²) in [5.74, 6) is -4.33. The average molecular weight is 321 g/mol. The standard InChI is InChI=1S/C10H13F6N3O2/c1-19-3-5(17-7(20)9(11,12)13)2-6(4-19)18-8(21)10(14,15)16/h5-6H,2-4H2,1H3,(H,17,20)(H,18,21). The molecule has 1 saturated heterocycles. The van der Waals surface area contributed by atoms with Gasteiger partial charge in [-0.1, -0.05) is 0 Å². The Balaban J connectivity index is 2.62. The normalized spacial score (nSPS) is 24.5. The van der Waals surface area contributed by atoms with Crippen molar-refractivity contribution in [3.63, 3.8) is 0 Å². The number of likely N-dealkylation sites (N-methyl/N-ethyl adjacent to an activating group) is 1. The minimum Gasteiger partial charge on any atom is -0.344 e. The summed E-state index contributed by atoms with van der Waals surface area (Å²) in [4.78, 5) is 23.0. The Labute approximate surface area is 115 Å². The summed E-state index contributed by atoms with van der Waals surface area (Å²) in [5.41, 5.74) is 0. The van der Waals surface area contributed by atoms with Gasteiger partial charge in [0.2, 0.25) is 0 Å². The highest BCUT2D eigenvalue weighted by Crippen LogP contribution is 2.18. The van der Waals surface area contributed by atoms with Crippen LogP contribution in [0, 0.1) is 0 Å². The Morgan fingerprint density at radius 2 is 1.24 bits per heavy atom. The molecular weight excluding hydrogens is 308 g/mol. The highest BCUT2D eigenvalue weighted by Gasteiger charge is 2.43. The Bertz CT molecular complexity index is 373. The van der Waals surface area contributed by atoms with E-state index in [4.69, 9.17) is 0 Å². The van der Waals surface area contributed by atoms with Gasteiger partial charge >= 0.3 is 24.2 Å². The van der Waals surface area contributed by atoms with E-state index >= 15 is 0 Å². The summed E-state index contributed by atoms with van der Waals surface area (Å²) in [5, 5.41) is 3.39. The third-order valence-electron chi connectivity index (χ3n) is 2.82. The second-order valence-corrected chi connectivity index (χ2v) is 4.79. The van der Waals surface area contributed by atoms with E-state index in [0.29, 0.717) is 0 Å². The van der Waals surface area contributed by atoms with E-state index in [0.717, 1.165) is 0 Å². The molecule has 2 atom stereocenters. The summed E-state index contributed by atoms with van der Waals surface area (Å²) in [6.45, 7) is 0.0837. The van der Waals surface area contributed by atoms with Crippen molar-refractivity contribution in [1.82, 2.24) is 15.5 Å². The fraction of sp³-hybridized carbons (Fsp3) is 0.800. The molecule has 2 N–H and O–H groups in total. The molecule has 0 aliphatic carbocycles. The topological polar surface area (TPSA) is 61.4 Å². The fourth-order valence-electron chi connectivity index (χ4n) is 2.06. The zero-order chi connectivity index (χ0) is 16.4. The van der Waals surface area contributed by atoms with Gasteiger partial charge in [-0.05, 0) is 13.5 Å². The molecule has 11 heteroatoms. The summed E-state index contributed by atoms with van der Waals surface area (Å²) in [6, 6.07) is -2.01. The van der Waals surface area contributed by atoms with E-state index in [1.807, 2.05) is 0 Å². The molecule has 0 spiro atoms. The first-order valence-electron chi connectivity index (χ1n) is 5.83. The Morgan fingerprint density at radius 3 is 1.52 bits per heavy atom. The summed E-state index contributed by atoms with van der Waals surface area (Å²) < 4.78 is 72.7. The molecule has 0 aromatic rings. The molecule has 2 amide bonds. The van der Waals surface area contributed by atoms with Gasteiger partial charge in [0.15, 0.2) is 0 Å². The number of carbonyl (C=O) groups is 2. The van der Waals surface area contributed by atoms with Crippen LogP contribution in [0.25, 0.3) is 0 Å². The lowest BCUT2D eigenvalue weighted by molar-refractivity contribution is -0.176. The first kappa shape index (κ1) is 17.5. The molecule has 0 radical (unpaired) electrons. The minimum atomic E-state index is -5.07. The number of likely N-dealkylation sites (tertiary alicyclic amines) is 1. The minimum absolute atomic E-state index is 0.0419. The van der Waals surface area contributed by atoms with Crippen molar-refractivity contribution in [3.05, 3.63) is 0 Å². The molecule has 0 aromatic heterocycles. The second kappa shape index (κ2) is 6.08. The van der Waals surface area contributed by atoms with Gasteiger partial charge in [-0.3, -0.25) is 9.59 Å². The van der Waals surface area contributed by atoms with Crippen LogP contribution < -0.4 is 10.6 Å². The molecule has 1 rings (SSSR count). The predicted octanol–water partition coefficient (Wildman–Crippen LogP) is 0.416. The molecule has 0 aromatic carbocycles. The van der Waals surface area contributed by atoms with Crippen LogP contribution in [0.15, 0.2) is 0 Å². The number of amides is 2. The maximum atomic E-state index is 12.1. The summed E-state index contributed by atoms with van der Waals surface area (Å²) in [6.07, 6.45) is -10.4. The van der Waals surface area contributed by atoms with Crippen LogP contribution in [0.4, 0.5) is 26.3 Å². The van der Waals surface area contributed by atoms with Crippen LogP contribution in [0.1, 0.15) is 6.42 Å². The molecule has 2 unspecified atom stereocenters. The lowest BCUT2D eigenvalue weighted by atomic mass is 10.0. The predicted molar refractivity (Wildman–Crippen MR) is 58.1 cm³/mol. The first-order valence-corrected chi connectivity index (χ1v) is 5.83. The number of hydrogen-bond donors (Lipinski definition) is 2. The van der Waals surface area contributed by atoms with E-state index in [9.17, 15) is 35.9 Å². The lowest BCUT2D eigenvalue weighted by Crippen LogP contribution is -2.58. The number of rotatable bonds is 2. The Kier molecular flexibility index (Phi) is 5.07. The quantitative estimate of drug-likeness (QED) is 0.725. The van der Waals surface area contributed by atoms with Crippen molar-refractivity contribution in [2.45, 2.75) is 30.9 Å². The highest BCUT2D eigenvalue weighted by atomic mass is 19.4. The van der Waals surface area contributed by atoms with Crippen molar-refractivity contribution in [2.75, 3.05) is 20.1 Å². The maximum Gasteiger partial charge on any atom is 0.471 e. The van der Waals surface area contributed by atoms with Gasteiger partial charge in [0.1, 0.15) is 0 Å². The number of alkyl halides is 6. The van der Waals surface area contributed by atoms with Crippen molar-refractivity contribution in [3.8, 4) is 0 Å². The number of piperidine rings is 1.